The largest absolute Gasteiger partial charge is 0.303 e. The summed E-state index contributed by atoms with van der Waals surface area (Å²) in [6, 6.07) is 9.82. The highest BCUT2D eigenvalue weighted by atomic mass is 15.1. The molecular formula is C14H19N. The molecule has 2 aliphatic rings. The molecule has 1 heteroatoms. The number of hydrogen-bond donors (Lipinski definition) is 0. The van der Waals surface area contributed by atoms with Crippen LogP contribution in [0.4, 0.5) is 0 Å². The van der Waals surface area contributed by atoms with E-state index in [9.17, 15) is 0 Å². The van der Waals surface area contributed by atoms with Gasteiger partial charge in [-0.1, -0.05) is 24.3 Å². The zero-order valence-corrected chi connectivity index (χ0v) is 9.45. The number of likely N-dealkylation sites (tertiary alicyclic amines) is 1. The number of nitrogens with zero attached hydrogens (tertiary/aromatic N) is 1. The van der Waals surface area contributed by atoms with Crippen LogP contribution in [-0.2, 0) is 12.8 Å². The molecule has 1 heterocycles. The van der Waals surface area contributed by atoms with Crippen molar-refractivity contribution in [2.75, 3.05) is 13.6 Å². The van der Waals surface area contributed by atoms with Gasteiger partial charge in [-0.2, -0.15) is 0 Å². The second kappa shape index (κ2) is 3.64. The molecule has 0 radical (unpaired) electrons. The highest BCUT2D eigenvalue weighted by Gasteiger charge is 2.33. The van der Waals surface area contributed by atoms with Crippen LogP contribution in [0.15, 0.2) is 24.3 Å². The van der Waals surface area contributed by atoms with E-state index in [1.165, 1.54) is 32.2 Å². The second-order valence-electron chi connectivity index (χ2n) is 5.13. The molecule has 1 aliphatic heterocycles. The van der Waals surface area contributed by atoms with Gasteiger partial charge in [0.2, 0.25) is 0 Å². The lowest BCUT2D eigenvalue weighted by Crippen LogP contribution is -2.47. The Bertz CT molecular complexity index is 358. The molecule has 3 rings (SSSR count). The summed E-state index contributed by atoms with van der Waals surface area (Å²) in [7, 11) is 2.30. The highest BCUT2D eigenvalue weighted by molar-refractivity contribution is 5.31. The first kappa shape index (κ1) is 9.41. The van der Waals surface area contributed by atoms with Crippen LogP contribution in [0.3, 0.4) is 0 Å². The summed E-state index contributed by atoms with van der Waals surface area (Å²) in [5, 5.41) is 0. The quantitative estimate of drug-likeness (QED) is 0.623. The summed E-state index contributed by atoms with van der Waals surface area (Å²) < 4.78 is 0. The summed E-state index contributed by atoms with van der Waals surface area (Å²) in [4.78, 5) is 2.57. The molecule has 0 unspecified atom stereocenters. The van der Waals surface area contributed by atoms with Crippen LogP contribution in [0.1, 0.15) is 24.0 Å². The Kier molecular flexibility index (Phi) is 2.28. The Morgan fingerprint density at radius 1 is 1.13 bits per heavy atom. The Labute approximate surface area is 92.1 Å². The Morgan fingerprint density at radius 2 is 1.87 bits per heavy atom. The van der Waals surface area contributed by atoms with Crippen molar-refractivity contribution in [3.63, 3.8) is 0 Å². The van der Waals surface area contributed by atoms with Crippen molar-refractivity contribution in [2.24, 2.45) is 5.92 Å². The highest BCUT2D eigenvalue weighted by Crippen LogP contribution is 2.33. The maximum absolute atomic E-state index is 2.57. The fourth-order valence-electron chi connectivity index (χ4n) is 3.35. The smallest absolute Gasteiger partial charge is 0.0164 e. The van der Waals surface area contributed by atoms with Crippen LogP contribution in [-0.4, -0.2) is 24.5 Å². The molecule has 0 spiro atoms. The molecule has 0 saturated carbocycles. The van der Waals surface area contributed by atoms with E-state index in [1.54, 1.807) is 11.1 Å². The minimum Gasteiger partial charge on any atom is -0.303 e. The van der Waals surface area contributed by atoms with E-state index >= 15 is 0 Å². The van der Waals surface area contributed by atoms with Crippen molar-refractivity contribution in [3.8, 4) is 0 Å². The molecule has 1 saturated heterocycles. The minimum atomic E-state index is 0.814. The van der Waals surface area contributed by atoms with E-state index in [-0.39, 0.29) is 0 Å². The van der Waals surface area contributed by atoms with E-state index in [4.69, 9.17) is 0 Å². The van der Waals surface area contributed by atoms with Crippen LogP contribution in [0, 0.1) is 5.92 Å². The minimum absolute atomic E-state index is 0.814. The summed E-state index contributed by atoms with van der Waals surface area (Å²) >= 11 is 0. The number of benzene rings is 1. The zero-order valence-electron chi connectivity index (χ0n) is 9.45. The molecule has 1 nitrogen and oxygen atoms in total. The fourth-order valence-corrected chi connectivity index (χ4v) is 3.35. The third-order valence-corrected chi connectivity index (χ3v) is 4.23. The monoisotopic (exact) mass is 201 g/mol. The van der Waals surface area contributed by atoms with Crippen molar-refractivity contribution in [2.45, 2.75) is 31.7 Å². The van der Waals surface area contributed by atoms with Crippen molar-refractivity contribution in [3.05, 3.63) is 35.4 Å². The molecular weight excluding hydrogens is 182 g/mol. The van der Waals surface area contributed by atoms with Gasteiger partial charge in [-0.05, 0) is 56.3 Å². The van der Waals surface area contributed by atoms with Crippen molar-refractivity contribution in [1.82, 2.24) is 4.90 Å². The first-order valence-corrected chi connectivity index (χ1v) is 6.11. The number of fused-ring (bicyclic) bond motifs is 2. The van der Waals surface area contributed by atoms with Crippen molar-refractivity contribution < 1.29 is 0 Å². The summed E-state index contributed by atoms with van der Waals surface area (Å²) in [6.07, 6.45) is 5.41. The molecule has 1 aromatic rings. The second-order valence-corrected chi connectivity index (χ2v) is 5.13. The summed E-state index contributed by atoms with van der Waals surface area (Å²) in [5.41, 5.74) is 3.20. The molecule has 0 amide bonds. The SMILES string of the molecule is CN1CCC[C@@H]2Cc3ccccc3C[C@H]21. The first-order chi connectivity index (χ1) is 7.34. The molecule has 1 aliphatic carbocycles. The average Bonchev–Trinajstić information content (AvgIpc) is 2.27. The predicted octanol–water partition coefficient (Wildman–Crippen LogP) is 2.50. The maximum atomic E-state index is 2.57. The molecule has 2 atom stereocenters. The lowest BCUT2D eigenvalue weighted by Gasteiger charge is -2.42. The lowest BCUT2D eigenvalue weighted by molar-refractivity contribution is 0.112. The van der Waals surface area contributed by atoms with Gasteiger partial charge in [-0.25, -0.2) is 0 Å². The number of hydrogen-bond acceptors (Lipinski definition) is 1. The molecule has 1 fully saturated rings. The molecule has 1 aromatic carbocycles. The van der Waals surface area contributed by atoms with Crippen LogP contribution < -0.4 is 0 Å². The van der Waals surface area contributed by atoms with Gasteiger partial charge in [-0.3, -0.25) is 0 Å². The Balaban J connectivity index is 1.92. The van der Waals surface area contributed by atoms with E-state index in [0.717, 1.165) is 12.0 Å². The lowest BCUT2D eigenvalue weighted by atomic mass is 9.75. The van der Waals surface area contributed by atoms with Crippen LogP contribution in [0.25, 0.3) is 0 Å². The van der Waals surface area contributed by atoms with Crippen LogP contribution in [0.2, 0.25) is 0 Å². The third-order valence-electron chi connectivity index (χ3n) is 4.23. The Morgan fingerprint density at radius 3 is 2.67 bits per heavy atom. The molecule has 0 aromatic heterocycles. The standard InChI is InChI=1S/C14H19N/c1-15-8-4-7-13-9-11-5-2-3-6-12(11)10-14(13)15/h2-3,5-6,13-14H,4,7-10H2,1H3/t13-,14-/m1/s1. The topological polar surface area (TPSA) is 3.24 Å². The van der Waals surface area contributed by atoms with Gasteiger partial charge in [-0.15, -0.1) is 0 Å². The number of rotatable bonds is 0. The van der Waals surface area contributed by atoms with E-state index < -0.39 is 0 Å². The molecule has 80 valence electrons. The van der Waals surface area contributed by atoms with Crippen molar-refractivity contribution in [1.29, 1.82) is 0 Å². The predicted molar refractivity (Wildman–Crippen MR) is 63.0 cm³/mol. The van der Waals surface area contributed by atoms with Gasteiger partial charge >= 0.3 is 0 Å². The summed E-state index contributed by atoms with van der Waals surface area (Å²) in [6.45, 7) is 1.29. The van der Waals surface area contributed by atoms with Gasteiger partial charge in [0.15, 0.2) is 0 Å². The third kappa shape index (κ3) is 1.59. The van der Waals surface area contributed by atoms with E-state index in [1.807, 2.05) is 0 Å². The van der Waals surface area contributed by atoms with Gasteiger partial charge in [0.25, 0.3) is 0 Å². The van der Waals surface area contributed by atoms with Gasteiger partial charge < -0.3 is 4.90 Å². The normalized spacial score (nSPS) is 30.7. The fraction of sp³-hybridized carbons (Fsp3) is 0.571. The van der Waals surface area contributed by atoms with Crippen LogP contribution in [0.5, 0.6) is 0 Å². The van der Waals surface area contributed by atoms with Crippen LogP contribution >= 0.6 is 0 Å². The summed E-state index contributed by atoms with van der Waals surface area (Å²) in [5.74, 6) is 0.915. The zero-order chi connectivity index (χ0) is 10.3. The number of piperidine rings is 1. The average molecular weight is 201 g/mol. The van der Waals surface area contributed by atoms with Gasteiger partial charge in [0, 0.05) is 6.04 Å². The molecule has 0 bridgehead atoms. The molecule has 0 N–H and O–H groups in total. The molecule has 15 heavy (non-hydrogen) atoms. The maximum Gasteiger partial charge on any atom is 0.0164 e. The van der Waals surface area contributed by atoms with E-state index in [2.05, 4.69) is 36.2 Å². The Hall–Kier alpha value is -0.820. The van der Waals surface area contributed by atoms with Gasteiger partial charge in [0.1, 0.15) is 0 Å². The van der Waals surface area contributed by atoms with Crippen molar-refractivity contribution >= 4 is 0 Å². The van der Waals surface area contributed by atoms with E-state index in [0.29, 0.717) is 0 Å². The van der Waals surface area contributed by atoms with Gasteiger partial charge in [0.05, 0.1) is 0 Å². The first-order valence-electron chi connectivity index (χ1n) is 6.11. The number of likely N-dealkylation sites (N-methyl/N-ethyl adjacent to an activating group) is 1.